The van der Waals surface area contributed by atoms with Crippen LogP contribution in [0.15, 0.2) is 6.07 Å². The van der Waals surface area contributed by atoms with Gasteiger partial charge in [0.25, 0.3) is 0 Å². The first-order valence-corrected chi connectivity index (χ1v) is 8.38. The van der Waals surface area contributed by atoms with Crippen LogP contribution in [0, 0.1) is 0 Å². The number of anilines is 1. The Labute approximate surface area is 127 Å². The van der Waals surface area contributed by atoms with E-state index >= 15 is 0 Å². The molecule has 5 heteroatoms. The van der Waals surface area contributed by atoms with Crippen molar-refractivity contribution >= 4 is 5.82 Å². The summed E-state index contributed by atoms with van der Waals surface area (Å²) in [6.45, 7) is 11.2. The zero-order valence-corrected chi connectivity index (χ0v) is 13.3. The SMILES string of the molecule is CCCNc1cc(CCC)nc(C2CN3CCN2CC3)n1. The molecule has 1 unspecified atom stereocenters. The molecule has 3 fully saturated rings. The largest absolute Gasteiger partial charge is 0.370 e. The second kappa shape index (κ2) is 6.71. The molecule has 1 N–H and O–H groups in total. The number of rotatable bonds is 6. The summed E-state index contributed by atoms with van der Waals surface area (Å²) in [6.07, 6.45) is 3.28. The topological polar surface area (TPSA) is 44.3 Å². The van der Waals surface area contributed by atoms with Gasteiger partial charge in [0.2, 0.25) is 0 Å². The van der Waals surface area contributed by atoms with Gasteiger partial charge in [-0.15, -0.1) is 0 Å². The molecule has 4 heterocycles. The minimum atomic E-state index is 0.381. The highest BCUT2D eigenvalue weighted by molar-refractivity contribution is 5.36. The summed E-state index contributed by atoms with van der Waals surface area (Å²) in [4.78, 5) is 14.8. The Morgan fingerprint density at radius 2 is 1.95 bits per heavy atom. The van der Waals surface area contributed by atoms with Crippen LogP contribution in [-0.2, 0) is 6.42 Å². The molecule has 1 aromatic rings. The lowest BCUT2D eigenvalue weighted by molar-refractivity contribution is 0.00862. The van der Waals surface area contributed by atoms with Crippen LogP contribution >= 0.6 is 0 Å². The average Bonchev–Trinajstić information content (AvgIpc) is 2.54. The van der Waals surface area contributed by atoms with Gasteiger partial charge in [0, 0.05) is 51.0 Å². The predicted molar refractivity (Wildman–Crippen MR) is 85.6 cm³/mol. The van der Waals surface area contributed by atoms with Crippen molar-refractivity contribution in [2.24, 2.45) is 0 Å². The van der Waals surface area contributed by atoms with Crippen molar-refractivity contribution in [3.63, 3.8) is 0 Å². The fourth-order valence-electron chi connectivity index (χ4n) is 3.26. The number of aromatic nitrogens is 2. The van der Waals surface area contributed by atoms with Crippen LogP contribution in [0.4, 0.5) is 5.82 Å². The van der Waals surface area contributed by atoms with Crippen molar-refractivity contribution in [2.45, 2.75) is 39.2 Å². The normalized spacial score (nSPS) is 27.8. The minimum absolute atomic E-state index is 0.381. The van der Waals surface area contributed by atoms with Crippen molar-refractivity contribution < 1.29 is 0 Å². The van der Waals surface area contributed by atoms with Crippen molar-refractivity contribution in [2.75, 3.05) is 44.6 Å². The van der Waals surface area contributed by atoms with Gasteiger partial charge in [-0.25, -0.2) is 9.97 Å². The number of hydrogen-bond acceptors (Lipinski definition) is 5. The van der Waals surface area contributed by atoms with Gasteiger partial charge in [-0.2, -0.15) is 0 Å². The van der Waals surface area contributed by atoms with Crippen LogP contribution < -0.4 is 5.32 Å². The molecule has 2 bridgehead atoms. The number of aryl methyl sites for hydroxylation is 1. The Bertz CT molecular complexity index is 468. The summed E-state index contributed by atoms with van der Waals surface area (Å²) in [5.41, 5.74) is 1.18. The molecule has 0 amide bonds. The van der Waals surface area contributed by atoms with E-state index in [-0.39, 0.29) is 0 Å². The average molecular weight is 289 g/mol. The number of nitrogens with one attached hydrogen (secondary N) is 1. The molecule has 1 atom stereocenters. The summed E-state index contributed by atoms with van der Waals surface area (Å²) < 4.78 is 0. The Hall–Kier alpha value is -1.20. The van der Waals surface area contributed by atoms with Gasteiger partial charge < -0.3 is 5.32 Å². The first-order chi connectivity index (χ1) is 10.3. The maximum absolute atomic E-state index is 4.85. The highest BCUT2D eigenvalue weighted by Crippen LogP contribution is 2.27. The number of piperazine rings is 3. The third-order valence-corrected chi connectivity index (χ3v) is 4.44. The molecular weight excluding hydrogens is 262 g/mol. The van der Waals surface area contributed by atoms with E-state index in [4.69, 9.17) is 9.97 Å². The van der Waals surface area contributed by atoms with Gasteiger partial charge in [0.05, 0.1) is 6.04 Å². The second-order valence-electron chi connectivity index (χ2n) is 6.13. The lowest BCUT2D eigenvalue weighted by atomic mass is 10.1. The Morgan fingerprint density at radius 3 is 2.57 bits per heavy atom. The molecule has 0 radical (unpaired) electrons. The van der Waals surface area contributed by atoms with Crippen molar-refractivity contribution in [3.05, 3.63) is 17.6 Å². The Kier molecular flexibility index (Phi) is 4.70. The van der Waals surface area contributed by atoms with E-state index in [9.17, 15) is 0 Å². The van der Waals surface area contributed by atoms with Gasteiger partial charge in [-0.1, -0.05) is 20.3 Å². The standard InChI is InChI=1S/C16H27N5/c1-3-5-13-11-15(17-6-4-2)19-16(18-13)14-12-20-7-9-21(14)10-8-20/h11,14H,3-10,12H2,1-2H3,(H,17,18,19). The summed E-state index contributed by atoms with van der Waals surface area (Å²) in [7, 11) is 0. The molecule has 1 aromatic heterocycles. The van der Waals surface area contributed by atoms with E-state index in [0.717, 1.165) is 57.1 Å². The van der Waals surface area contributed by atoms with E-state index in [1.54, 1.807) is 0 Å². The van der Waals surface area contributed by atoms with Gasteiger partial charge >= 0.3 is 0 Å². The Balaban J connectivity index is 1.83. The molecule has 3 aliphatic rings. The molecule has 3 aliphatic heterocycles. The van der Waals surface area contributed by atoms with Gasteiger partial charge in [-0.3, -0.25) is 9.80 Å². The molecule has 0 spiro atoms. The van der Waals surface area contributed by atoms with Gasteiger partial charge in [-0.05, 0) is 12.8 Å². The van der Waals surface area contributed by atoms with E-state index in [1.165, 1.54) is 18.8 Å². The fraction of sp³-hybridized carbons (Fsp3) is 0.750. The van der Waals surface area contributed by atoms with Crippen LogP contribution in [0.25, 0.3) is 0 Å². The summed E-state index contributed by atoms with van der Waals surface area (Å²) >= 11 is 0. The van der Waals surface area contributed by atoms with Crippen LogP contribution in [-0.4, -0.2) is 59.0 Å². The summed E-state index contributed by atoms with van der Waals surface area (Å²) in [6, 6.07) is 2.51. The van der Waals surface area contributed by atoms with Gasteiger partial charge in [0.1, 0.15) is 11.6 Å². The summed E-state index contributed by atoms with van der Waals surface area (Å²) in [5, 5.41) is 3.43. The number of fused-ring (bicyclic) bond motifs is 3. The van der Waals surface area contributed by atoms with E-state index in [1.807, 2.05) is 0 Å². The fourth-order valence-corrected chi connectivity index (χ4v) is 3.26. The quantitative estimate of drug-likeness (QED) is 0.867. The van der Waals surface area contributed by atoms with E-state index in [0.29, 0.717) is 6.04 Å². The van der Waals surface area contributed by atoms with Crippen LogP contribution in [0.3, 0.4) is 0 Å². The molecule has 0 aromatic carbocycles. The van der Waals surface area contributed by atoms with Gasteiger partial charge in [0.15, 0.2) is 0 Å². The lowest BCUT2D eigenvalue weighted by Gasteiger charge is -2.46. The van der Waals surface area contributed by atoms with Crippen LogP contribution in [0.5, 0.6) is 0 Å². The van der Waals surface area contributed by atoms with Crippen LogP contribution in [0.2, 0.25) is 0 Å². The smallest absolute Gasteiger partial charge is 0.149 e. The molecular formula is C16H27N5. The molecule has 116 valence electrons. The third-order valence-electron chi connectivity index (χ3n) is 4.44. The molecule has 3 saturated heterocycles. The maximum Gasteiger partial charge on any atom is 0.149 e. The third kappa shape index (κ3) is 3.35. The Morgan fingerprint density at radius 1 is 1.14 bits per heavy atom. The predicted octanol–water partition coefficient (Wildman–Crippen LogP) is 1.92. The zero-order valence-electron chi connectivity index (χ0n) is 13.3. The summed E-state index contributed by atoms with van der Waals surface area (Å²) in [5.74, 6) is 2.02. The molecule has 21 heavy (non-hydrogen) atoms. The molecule has 0 saturated carbocycles. The van der Waals surface area contributed by atoms with Crippen molar-refractivity contribution in [1.82, 2.24) is 19.8 Å². The molecule has 5 nitrogen and oxygen atoms in total. The van der Waals surface area contributed by atoms with E-state index in [2.05, 4.69) is 35.0 Å². The maximum atomic E-state index is 4.85. The monoisotopic (exact) mass is 289 g/mol. The van der Waals surface area contributed by atoms with Crippen molar-refractivity contribution in [1.29, 1.82) is 0 Å². The number of hydrogen-bond donors (Lipinski definition) is 1. The number of nitrogens with zero attached hydrogens (tertiary/aromatic N) is 4. The first-order valence-electron chi connectivity index (χ1n) is 8.38. The lowest BCUT2D eigenvalue weighted by Crippen LogP contribution is -2.57. The second-order valence-corrected chi connectivity index (χ2v) is 6.13. The van der Waals surface area contributed by atoms with Crippen molar-refractivity contribution in [3.8, 4) is 0 Å². The molecule has 0 aliphatic carbocycles. The molecule has 4 rings (SSSR count). The highest BCUT2D eigenvalue weighted by atomic mass is 15.4. The van der Waals surface area contributed by atoms with Crippen LogP contribution in [0.1, 0.15) is 44.2 Å². The highest BCUT2D eigenvalue weighted by Gasteiger charge is 2.34. The minimum Gasteiger partial charge on any atom is -0.370 e. The van der Waals surface area contributed by atoms with E-state index < -0.39 is 0 Å². The zero-order chi connectivity index (χ0) is 14.7. The first kappa shape index (κ1) is 14.7.